The van der Waals surface area contributed by atoms with Crippen molar-refractivity contribution in [2.45, 2.75) is 0 Å². The lowest BCUT2D eigenvalue weighted by Crippen LogP contribution is -2.21. The molecule has 8 heteroatoms. The summed E-state index contributed by atoms with van der Waals surface area (Å²) in [7, 11) is 0. The third-order valence-electron chi connectivity index (χ3n) is 3.16. The standard InChI is InChI=1S/C16H12Br2FNO4/c17-10-6-14-15(23-4-3-22-14)7-12(10)20-16(21)8-24-13-2-1-9(19)5-11(13)18/h1-2,5-7H,3-4,8H2,(H,20,21). The van der Waals surface area contributed by atoms with Gasteiger partial charge < -0.3 is 19.5 Å². The van der Waals surface area contributed by atoms with Gasteiger partial charge in [-0.15, -0.1) is 0 Å². The molecule has 1 heterocycles. The average Bonchev–Trinajstić information content (AvgIpc) is 2.55. The molecule has 0 bridgehead atoms. The van der Waals surface area contributed by atoms with E-state index >= 15 is 0 Å². The second kappa shape index (κ2) is 7.40. The molecule has 5 nitrogen and oxygen atoms in total. The minimum absolute atomic E-state index is 0.217. The summed E-state index contributed by atoms with van der Waals surface area (Å²) in [6.45, 7) is 0.736. The van der Waals surface area contributed by atoms with E-state index in [-0.39, 0.29) is 18.3 Å². The highest BCUT2D eigenvalue weighted by Crippen LogP contribution is 2.38. The van der Waals surface area contributed by atoms with Gasteiger partial charge in [0, 0.05) is 16.6 Å². The number of fused-ring (bicyclic) bond motifs is 1. The first kappa shape index (κ1) is 17.0. The first-order valence-corrected chi connectivity index (χ1v) is 8.58. The lowest BCUT2D eigenvalue weighted by molar-refractivity contribution is -0.118. The van der Waals surface area contributed by atoms with Crippen molar-refractivity contribution in [3.05, 3.63) is 45.1 Å². The molecule has 0 aliphatic carbocycles. The van der Waals surface area contributed by atoms with Crippen molar-refractivity contribution in [1.29, 1.82) is 0 Å². The van der Waals surface area contributed by atoms with Crippen LogP contribution in [0.4, 0.5) is 10.1 Å². The zero-order valence-corrected chi connectivity index (χ0v) is 15.4. The van der Waals surface area contributed by atoms with Crippen LogP contribution in [-0.4, -0.2) is 25.7 Å². The van der Waals surface area contributed by atoms with Crippen LogP contribution in [0, 0.1) is 5.82 Å². The lowest BCUT2D eigenvalue weighted by Gasteiger charge is -2.20. The Morgan fingerprint density at radius 2 is 1.83 bits per heavy atom. The first-order valence-electron chi connectivity index (χ1n) is 7.00. The van der Waals surface area contributed by atoms with Crippen LogP contribution in [-0.2, 0) is 4.79 Å². The Morgan fingerprint density at radius 1 is 1.12 bits per heavy atom. The van der Waals surface area contributed by atoms with E-state index in [1.807, 2.05) is 0 Å². The van der Waals surface area contributed by atoms with Crippen LogP contribution in [0.1, 0.15) is 0 Å². The summed E-state index contributed by atoms with van der Waals surface area (Å²) in [6, 6.07) is 7.40. The number of anilines is 1. The topological polar surface area (TPSA) is 56.8 Å². The van der Waals surface area contributed by atoms with Crippen molar-refractivity contribution in [3.8, 4) is 17.2 Å². The van der Waals surface area contributed by atoms with Crippen LogP contribution in [0.3, 0.4) is 0 Å². The normalized spacial score (nSPS) is 12.6. The van der Waals surface area contributed by atoms with Crippen molar-refractivity contribution in [3.63, 3.8) is 0 Å². The molecular weight excluding hydrogens is 449 g/mol. The van der Waals surface area contributed by atoms with E-state index < -0.39 is 0 Å². The second-order valence-electron chi connectivity index (χ2n) is 4.89. The number of amides is 1. The van der Waals surface area contributed by atoms with Gasteiger partial charge in [-0.2, -0.15) is 0 Å². The molecule has 0 aromatic heterocycles. The SMILES string of the molecule is O=C(COc1ccc(F)cc1Br)Nc1cc2c(cc1Br)OCCO2. The van der Waals surface area contributed by atoms with E-state index in [2.05, 4.69) is 37.2 Å². The summed E-state index contributed by atoms with van der Waals surface area (Å²) in [5, 5.41) is 2.73. The van der Waals surface area contributed by atoms with Crippen molar-refractivity contribution in [1.82, 2.24) is 0 Å². The molecule has 0 spiro atoms. The van der Waals surface area contributed by atoms with Crippen molar-refractivity contribution < 1.29 is 23.4 Å². The molecule has 0 radical (unpaired) electrons. The average molecular weight is 461 g/mol. The zero-order chi connectivity index (χ0) is 17.1. The van der Waals surface area contributed by atoms with Gasteiger partial charge in [-0.05, 0) is 50.1 Å². The number of carbonyl (C=O) groups excluding carboxylic acids is 1. The number of nitrogens with one attached hydrogen (secondary N) is 1. The molecule has 126 valence electrons. The molecule has 2 aromatic rings. The maximum atomic E-state index is 13.0. The Kier molecular flexibility index (Phi) is 5.25. The van der Waals surface area contributed by atoms with E-state index in [4.69, 9.17) is 14.2 Å². The van der Waals surface area contributed by atoms with Crippen LogP contribution in [0.25, 0.3) is 0 Å². The number of carbonyl (C=O) groups is 1. The predicted octanol–water partition coefficient (Wildman–Crippen LogP) is 4.14. The summed E-state index contributed by atoms with van der Waals surface area (Å²) in [4.78, 5) is 12.1. The maximum absolute atomic E-state index is 13.0. The van der Waals surface area contributed by atoms with Gasteiger partial charge in [-0.1, -0.05) is 0 Å². The quantitative estimate of drug-likeness (QED) is 0.744. The first-order chi connectivity index (χ1) is 11.5. The Hall–Kier alpha value is -1.80. The summed E-state index contributed by atoms with van der Waals surface area (Å²) >= 11 is 6.56. The molecule has 1 amide bonds. The van der Waals surface area contributed by atoms with Gasteiger partial charge in [0.05, 0.1) is 10.2 Å². The van der Waals surface area contributed by atoms with Gasteiger partial charge in [0.15, 0.2) is 18.1 Å². The van der Waals surface area contributed by atoms with Crippen LogP contribution < -0.4 is 19.5 Å². The Bertz CT molecular complexity index is 785. The van der Waals surface area contributed by atoms with Gasteiger partial charge in [0.25, 0.3) is 5.91 Å². The summed E-state index contributed by atoms with van der Waals surface area (Å²) in [5.41, 5.74) is 0.547. The van der Waals surface area contributed by atoms with E-state index in [1.54, 1.807) is 12.1 Å². The maximum Gasteiger partial charge on any atom is 0.262 e. The van der Waals surface area contributed by atoms with Gasteiger partial charge >= 0.3 is 0 Å². The lowest BCUT2D eigenvalue weighted by atomic mass is 10.2. The van der Waals surface area contributed by atoms with Crippen molar-refractivity contribution >= 4 is 43.5 Å². The highest BCUT2D eigenvalue weighted by Gasteiger charge is 2.16. The number of hydrogen-bond acceptors (Lipinski definition) is 4. The fraction of sp³-hybridized carbons (Fsp3) is 0.188. The number of benzene rings is 2. The Balaban J connectivity index is 1.64. The smallest absolute Gasteiger partial charge is 0.262 e. The highest BCUT2D eigenvalue weighted by molar-refractivity contribution is 9.11. The van der Waals surface area contributed by atoms with E-state index in [1.165, 1.54) is 18.2 Å². The van der Waals surface area contributed by atoms with Gasteiger partial charge in [0.1, 0.15) is 24.8 Å². The highest BCUT2D eigenvalue weighted by atomic mass is 79.9. The fourth-order valence-corrected chi connectivity index (χ4v) is 2.97. The minimum Gasteiger partial charge on any atom is -0.486 e. The van der Waals surface area contributed by atoms with Crippen molar-refractivity contribution in [2.24, 2.45) is 0 Å². The molecule has 1 N–H and O–H groups in total. The largest absolute Gasteiger partial charge is 0.486 e. The summed E-state index contributed by atoms with van der Waals surface area (Å²) in [5.74, 6) is 0.829. The molecular formula is C16H12Br2FNO4. The molecule has 1 aliphatic heterocycles. The number of ether oxygens (including phenoxy) is 3. The van der Waals surface area contributed by atoms with E-state index in [9.17, 15) is 9.18 Å². The monoisotopic (exact) mass is 459 g/mol. The molecule has 0 saturated heterocycles. The molecule has 0 fully saturated rings. The molecule has 1 aliphatic rings. The molecule has 0 saturated carbocycles. The fourth-order valence-electron chi connectivity index (χ4n) is 2.08. The van der Waals surface area contributed by atoms with E-state index in [0.29, 0.717) is 45.1 Å². The third kappa shape index (κ3) is 3.99. The summed E-state index contributed by atoms with van der Waals surface area (Å²) in [6.07, 6.45) is 0. The van der Waals surface area contributed by atoms with Gasteiger partial charge in [0.2, 0.25) is 0 Å². The second-order valence-corrected chi connectivity index (χ2v) is 6.60. The van der Waals surface area contributed by atoms with Crippen LogP contribution in [0.2, 0.25) is 0 Å². The zero-order valence-electron chi connectivity index (χ0n) is 12.3. The van der Waals surface area contributed by atoms with Crippen LogP contribution in [0.5, 0.6) is 17.2 Å². The number of halogens is 3. The van der Waals surface area contributed by atoms with Gasteiger partial charge in [-0.3, -0.25) is 4.79 Å². The number of hydrogen-bond donors (Lipinski definition) is 1. The minimum atomic E-state index is -0.390. The molecule has 0 atom stereocenters. The molecule has 0 unspecified atom stereocenters. The van der Waals surface area contributed by atoms with Crippen LogP contribution in [0.15, 0.2) is 39.3 Å². The van der Waals surface area contributed by atoms with Crippen LogP contribution >= 0.6 is 31.9 Å². The molecule has 2 aromatic carbocycles. The Morgan fingerprint density at radius 3 is 2.54 bits per heavy atom. The summed E-state index contributed by atoms with van der Waals surface area (Å²) < 4.78 is 30.5. The molecule has 3 rings (SSSR count). The molecule has 24 heavy (non-hydrogen) atoms. The third-order valence-corrected chi connectivity index (χ3v) is 4.43. The predicted molar refractivity (Wildman–Crippen MR) is 93.4 cm³/mol. The number of rotatable bonds is 4. The Labute approximate surface area is 154 Å². The van der Waals surface area contributed by atoms with E-state index in [0.717, 1.165) is 0 Å². The van der Waals surface area contributed by atoms with Gasteiger partial charge in [-0.25, -0.2) is 4.39 Å². The van der Waals surface area contributed by atoms with Crippen molar-refractivity contribution in [2.75, 3.05) is 25.1 Å².